The first kappa shape index (κ1) is 16.6. The van der Waals surface area contributed by atoms with Gasteiger partial charge in [0.05, 0.1) is 11.1 Å². The van der Waals surface area contributed by atoms with E-state index in [1.54, 1.807) is 32.9 Å². The third-order valence-corrected chi connectivity index (χ3v) is 2.83. The van der Waals surface area contributed by atoms with E-state index in [0.717, 1.165) is 5.56 Å². The molecular weight excluding hydrogens is 326 g/mol. The number of amides is 1. The van der Waals surface area contributed by atoms with Gasteiger partial charge in [0.25, 0.3) is 0 Å². The molecule has 1 aromatic rings. The molecule has 1 amide bonds. The monoisotopic (exact) mass is 345 g/mol. The molecule has 0 heterocycles. The van der Waals surface area contributed by atoms with E-state index < -0.39 is 11.7 Å². The number of phenolic OH excluding ortho intramolecular Hbond substituents is 1. The molecule has 1 rings (SSSR count). The maximum Gasteiger partial charge on any atom is 0.407 e. The highest BCUT2D eigenvalue weighted by Crippen LogP contribution is 2.35. The number of nitrogens with one attached hydrogen (secondary N) is 1. The van der Waals surface area contributed by atoms with Crippen LogP contribution in [0.4, 0.5) is 4.79 Å². The lowest BCUT2D eigenvalue weighted by molar-refractivity contribution is 0.0523. The molecule has 0 aliphatic heterocycles. The van der Waals surface area contributed by atoms with Gasteiger partial charge in [0, 0.05) is 6.54 Å². The summed E-state index contributed by atoms with van der Waals surface area (Å²) >= 11 is 3.25. The second-order valence-electron chi connectivity index (χ2n) is 5.21. The van der Waals surface area contributed by atoms with Gasteiger partial charge in [-0.2, -0.15) is 0 Å². The van der Waals surface area contributed by atoms with Crippen LogP contribution >= 0.6 is 15.9 Å². The highest BCUT2D eigenvalue weighted by Gasteiger charge is 2.16. The van der Waals surface area contributed by atoms with Crippen LogP contribution in [-0.4, -0.2) is 23.4 Å². The van der Waals surface area contributed by atoms with Crippen molar-refractivity contribution in [2.24, 2.45) is 0 Å². The van der Waals surface area contributed by atoms with Gasteiger partial charge in [-0.3, -0.25) is 0 Å². The number of ether oxygens (including phenoxy) is 2. The summed E-state index contributed by atoms with van der Waals surface area (Å²) in [4.78, 5) is 11.6. The highest BCUT2D eigenvalue weighted by atomic mass is 79.9. The molecule has 0 spiro atoms. The number of hydrogen-bond acceptors (Lipinski definition) is 4. The number of phenols is 1. The van der Waals surface area contributed by atoms with E-state index in [-0.39, 0.29) is 12.3 Å². The van der Waals surface area contributed by atoms with Crippen LogP contribution < -0.4 is 10.1 Å². The molecule has 0 saturated heterocycles. The number of alkyl carbamates (subject to hydrolysis) is 1. The van der Waals surface area contributed by atoms with Crippen molar-refractivity contribution in [2.75, 3.05) is 6.61 Å². The molecule has 0 bridgehead atoms. The van der Waals surface area contributed by atoms with Crippen molar-refractivity contribution < 1.29 is 19.4 Å². The normalized spacial score (nSPS) is 11.1. The Hall–Kier alpha value is -1.43. The molecule has 5 nitrogen and oxygen atoms in total. The Labute approximate surface area is 127 Å². The summed E-state index contributed by atoms with van der Waals surface area (Å²) in [6.45, 7) is 7.97. The van der Waals surface area contributed by atoms with Crippen LogP contribution in [0.2, 0.25) is 0 Å². The zero-order chi connectivity index (χ0) is 15.3. The molecule has 20 heavy (non-hydrogen) atoms. The number of aromatic hydroxyl groups is 1. The summed E-state index contributed by atoms with van der Waals surface area (Å²) in [5.74, 6) is 0.427. The first-order valence-electron chi connectivity index (χ1n) is 6.34. The van der Waals surface area contributed by atoms with Gasteiger partial charge in [0.1, 0.15) is 5.60 Å². The Kier molecular flexibility index (Phi) is 5.68. The topological polar surface area (TPSA) is 67.8 Å². The summed E-state index contributed by atoms with van der Waals surface area (Å²) < 4.78 is 11.0. The zero-order valence-electron chi connectivity index (χ0n) is 12.1. The molecule has 1 aromatic carbocycles. The van der Waals surface area contributed by atoms with Crippen molar-refractivity contribution in [2.45, 2.75) is 39.8 Å². The second-order valence-corrected chi connectivity index (χ2v) is 6.07. The van der Waals surface area contributed by atoms with Gasteiger partial charge in [-0.1, -0.05) is 0 Å². The third-order valence-electron chi connectivity index (χ3n) is 2.22. The molecule has 0 aliphatic rings. The van der Waals surface area contributed by atoms with Gasteiger partial charge in [0.15, 0.2) is 11.5 Å². The Morgan fingerprint density at radius 2 is 2.05 bits per heavy atom. The number of hydrogen-bond donors (Lipinski definition) is 2. The fourth-order valence-electron chi connectivity index (χ4n) is 1.48. The van der Waals surface area contributed by atoms with E-state index in [9.17, 15) is 9.90 Å². The molecule has 6 heteroatoms. The molecule has 0 unspecified atom stereocenters. The van der Waals surface area contributed by atoms with Crippen LogP contribution in [0.5, 0.6) is 11.5 Å². The average molecular weight is 346 g/mol. The Balaban J connectivity index is 2.71. The van der Waals surface area contributed by atoms with Crippen molar-refractivity contribution in [1.82, 2.24) is 5.32 Å². The van der Waals surface area contributed by atoms with Crippen LogP contribution in [0.3, 0.4) is 0 Å². The molecule has 112 valence electrons. The van der Waals surface area contributed by atoms with E-state index in [4.69, 9.17) is 9.47 Å². The van der Waals surface area contributed by atoms with Crippen molar-refractivity contribution >= 4 is 22.0 Å². The van der Waals surface area contributed by atoms with Gasteiger partial charge in [-0.15, -0.1) is 0 Å². The minimum absolute atomic E-state index is 0.0490. The molecular formula is C14H20BrNO4. The van der Waals surface area contributed by atoms with Gasteiger partial charge < -0.3 is 19.9 Å². The lowest BCUT2D eigenvalue weighted by Crippen LogP contribution is -2.32. The molecule has 0 radical (unpaired) electrons. The van der Waals surface area contributed by atoms with Gasteiger partial charge in [-0.05, 0) is 61.3 Å². The molecule has 0 saturated carbocycles. The number of rotatable bonds is 4. The highest BCUT2D eigenvalue weighted by molar-refractivity contribution is 9.10. The average Bonchev–Trinajstić information content (AvgIpc) is 2.30. The summed E-state index contributed by atoms with van der Waals surface area (Å²) in [5, 5.41) is 12.5. The molecule has 0 atom stereocenters. The zero-order valence-corrected chi connectivity index (χ0v) is 13.7. The number of halogens is 1. The first-order chi connectivity index (χ1) is 9.23. The van der Waals surface area contributed by atoms with Crippen LogP contribution in [0.15, 0.2) is 16.6 Å². The quantitative estimate of drug-likeness (QED) is 0.875. The summed E-state index contributed by atoms with van der Waals surface area (Å²) in [5.41, 5.74) is 0.264. The van der Waals surface area contributed by atoms with Crippen molar-refractivity contribution in [3.63, 3.8) is 0 Å². The smallest absolute Gasteiger partial charge is 0.407 e. The minimum Gasteiger partial charge on any atom is -0.503 e. The summed E-state index contributed by atoms with van der Waals surface area (Å²) in [7, 11) is 0. The predicted molar refractivity (Wildman–Crippen MR) is 80.0 cm³/mol. The maximum absolute atomic E-state index is 11.6. The standard InChI is InChI=1S/C14H20BrNO4/c1-5-19-11-7-9(6-10(15)12(11)17)8-16-13(18)20-14(2,3)4/h6-7,17H,5,8H2,1-4H3,(H,16,18). The Morgan fingerprint density at radius 1 is 1.40 bits per heavy atom. The number of carbonyl (C=O) groups excluding carboxylic acids is 1. The Morgan fingerprint density at radius 3 is 2.60 bits per heavy atom. The molecule has 0 aromatic heterocycles. The third kappa shape index (κ3) is 5.28. The van der Waals surface area contributed by atoms with E-state index in [1.807, 2.05) is 6.92 Å². The van der Waals surface area contributed by atoms with Crippen molar-refractivity contribution in [3.8, 4) is 11.5 Å². The van der Waals surface area contributed by atoms with Crippen LogP contribution in [0.1, 0.15) is 33.3 Å². The number of carbonyl (C=O) groups is 1. The summed E-state index contributed by atoms with van der Waals surface area (Å²) in [6.07, 6.45) is -0.486. The van der Waals surface area contributed by atoms with Crippen LogP contribution in [0, 0.1) is 0 Å². The first-order valence-corrected chi connectivity index (χ1v) is 7.13. The minimum atomic E-state index is -0.532. The molecule has 2 N–H and O–H groups in total. The van der Waals surface area contributed by atoms with Crippen molar-refractivity contribution in [1.29, 1.82) is 0 Å². The lowest BCUT2D eigenvalue weighted by Gasteiger charge is -2.19. The van der Waals surface area contributed by atoms with Crippen LogP contribution in [0.25, 0.3) is 0 Å². The van der Waals surface area contributed by atoms with E-state index in [2.05, 4.69) is 21.2 Å². The van der Waals surface area contributed by atoms with Crippen LogP contribution in [-0.2, 0) is 11.3 Å². The maximum atomic E-state index is 11.6. The SMILES string of the molecule is CCOc1cc(CNC(=O)OC(C)(C)C)cc(Br)c1O. The molecule has 0 aliphatic carbocycles. The summed E-state index contributed by atoms with van der Waals surface area (Å²) in [6, 6.07) is 3.40. The van der Waals surface area contributed by atoms with E-state index >= 15 is 0 Å². The Bertz CT molecular complexity index is 483. The largest absolute Gasteiger partial charge is 0.503 e. The van der Waals surface area contributed by atoms with Crippen molar-refractivity contribution in [3.05, 3.63) is 22.2 Å². The number of benzene rings is 1. The molecule has 0 fully saturated rings. The lowest BCUT2D eigenvalue weighted by atomic mass is 10.2. The fourth-order valence-corrected chi connectivity index (χ4v) is 1.97. The van der Waals surface area contributed by atoms with E-state index in [0.29, 0.717) is 16.8 Å². The van der Waals surface area contributed by atoms with Gasteiger partial charge in [0.2, 0.25) is 0 Å². The van der Waals surface area contributed by atoms with Gasteiger partial charge in [-0.25, -0.2) is 4.79 Å². The predicted octanol–water partition coefficient (Wildman–Crippen LogP) is 3.58. The fraction of sp³-hybridized carbons (Fsp3) is 0.500. The second kappa shape index (κ2) is 6.83. The van der Waals surface area contributed by atoms with Gasteiger partial charge >= 0.3 is 6.09 Å². The van der Waals surface area contributed by atoms with E-state index in [1.165, 1.54) is 0 Å².